The largest absolute Gasteiger partial charge is 0.383 e. The van der Waals surface area contributed by atoms with Crippen LogP contribution in [0.4, 0.5) is 0 Å². The second-order valence-corrected chi connectivity index (χ2v) is 2.85. The predicted octanol–water partition coefficient (Wildman–Crippen LogP) is 0.00929. The van der Waals surface area contributed by atoms with Gasteiger partial charge in [-0.15, -0.1) is 0 Å². The van der Waals surface area contributed by atoms with E-state index in [0.29, 0.717) is 26.2 Å². The monoisotopic (exact) mass is 185 g/mol. The fraction of sp³-hybridized carbons (Fsp3) is 0.778. The Morgan fingerprint density at radius 2 is 2.62 bits per heavy atom. The molecule has 74 valence electrons. The molecule has 1 aliphatic rings. The molecule has 1 N–H and O–H groups in total. The maximum Gasteiger partial charge on any atom is 0.249 e. The van der Waals surface area contributed by atoms with Gasteiger partial charge >= 0.3 is 0 Å². The summed E-state index contributed by atoms with van der Waals surface area (Å²) in [4.78, 5) is 11.3. The number of hydrogen-bond acceptors (Lipinski definition) is 3. The van der Waals surface area contributed by atoms with Crippen LogP contribution in [0.1, 0.15) is 12.8 Å². The van der Waals surface area contributed by atoms with E-state index in [4.69, 9.17) is 9.47 Å². The molecule has 13 heavy (non-hydrogen) atoms. The van der Waals surface area contributed by atoms with E-state index in [1.165, 1.54) is 0 Å². The molecule has 0 saturated carbocycles. The fourth-order valence-corrected chi connectivity index (χ4v) is 1.12. The molecule has 1 rings (SSSR count). The van der Waals surface area contributed by atoms with Gasteiger partial charge in [-0.2, -0.15) is 0 Å². The molecule has 4 heteroatoms. The minimum atomic E-state index is -0.342. The third kappa shape index (κ3) is 3.74. The molecule has 0 aromatic carbocycles. The molecule has 1 fully saturated rings. The van der Waals surface area contributed by atoms with Crippen molar-refractivity contribution in [1.29, 1.82) is 0 Å². The zero-order valence-electron chi connectivity index (χ0n) is 7.84. The first kappa shape index (κ1) is 10.5. The number of carbonyl (C=O) groups is 1. The lowest BCUT2D eigenvalue weighted by Crippen LogP contribution is -2.39. The molecule has 1 atom stereocenters. The summed E-state index contributed by atoms with van der Waals surface area (Å²) >= 11 is 0. The lowest BCUT2D eigenvalue weighted by molar-refractivity contribution is -0.134. The van der Waals surface area contributed by atoms with Gasteiger partial charge in [0.1, 0.15) is 6.10 Å². The Bertz CT molecular complexity index is 155. The maximum absolute atomic E-state index is 11.3. The summed E-state index contributed by atoms with van der Waals surface area (Å²) in [6.07, 6.45) is 4.16. The van der Waals surface area contributed by atoms with Crippen LogP contribution in [0.25, 0.3) is 0 Å². The van der Waals surface area contributed by atoms with Crippen molar-refractivity contribution in [3.05, 3.63) is 6.42 Å². The smallest absolute Gasteiger partial charge is 0.249 e. The number of rotatable bonds is 4. The zero-order chi connectivity index (χ0) is 9.52. The van der Waals surface area contributed by atoms with E-state index in [2.05, 4.69) is 11.7 Å². The average molecular weight is 185 g/mol. The highest BCUT2D eigenvalue weighted by Gasteiger charge is 2.21. The topological polar surface area (TPSA) is 47.6 Å². The number of ether oxygens (including phenoxy) is 2. The molecular weight excluding hydrogens is 170 g/mol. The van der Waals surface area contributed by atoms with Crippen LogP contribution in [0.5, 0.6) is 0 Å². The Kier molecular flexibility index (Phi) is 4.78. The van der Waals surface area contributed by atoms with Crippen LogP contribution in [-0.2, 0) is 14.3 Å². The van der Waals surface area contributed by atoms with Gasteiger partial charge in [-0.25, -0.2) is 0 Å². The Morgan fingerprint density at radius 1 is 1.77 bits per heavy atom. The summed E-state index contributed by atoms with van der Waals surface area (Å²) in [6, 6.07) is 0. The molecule has 1 aliphatic heterocycles. The molecule has 2 radical (unpaired) electrons. The minimum absolute atomic E-state index is 0.0655. The number of carbonyl (C=O) groups excluding carboxylic acids is 1. The molecule has 0 spiro atoms. The quantitative estimate of drug-likeness (QED) is 0.628. The third-order valence-electron chi connectivity index (χ3n) is 1.83. The summed E-state index contributed by atoms with van der Waals surface area (Å²) in [6.45, 7) is 1.67. The lowest BCUT2D eigenvalue weighted by atomic mass is 10.1. The average Bonchev–Trinajstić information content (AvgIpc) is 2.19. The van der Waals surface area contributed by atoms with Crippen molar-refractivity contribution in [2.24, 2.45) is 0 Å². The van der Waals surface area contributed by atoms with Crippen LogP contribution in [0, 0.1) is 6.42 Å². The van der Waals surface area contributed by atoms with Gasteiger partial charge in [-0.3, -0.25) is 4.79 Å². The van der Waals surface area contributed by atoms with Crippen LogP contribution in [0.2, 0.25) is 0 Å². The summed E-state index contributed by atoms with van der Waals surface area (Å²) in [5.74, 6) is -0.0655. The Balaban J connectivity index is 2.13. The van der Waals surface area contributed by atoms with Gasteiger partial charge in [0.2, 0.25) is 5.91 Å². The third-order valence-corrected chi connectivity index (χ3v) is 1.83. The predicted molar refractivity (Wildman–Crippen MR) is 47.1 cm³/mol. The van der Waals surface area contributed by atoms with Crippen molar-refractivity contribution < 1.29 is 14.3 Å². The molecule has 1 amide bonds. The minimum Gasteiger partial charge on any atom is -0.383 e. The highest BCUT2D eigenvalue weighted by atomic mass is 16.5. The molecule has 1 heterocycles. The van der Waals surface area contributed by atoms with Gasteiger partial charge in [0.15, 0.2) is 0 Å². The SMILES string of the molecule is COCCNC(=O)C1C[C]CCO1. The van der Waals surface area contributed by atoms with Crippen molar-refractivity contribution >= 4 is 5.91 Å². The van der Waals surface area contributed by atoms with Crippen molar-refractivity contribution in [3.63, 3.8) is 0 Å². The van der Waals surface area contributed by atoms with E-state index in [9.17, 15) is 4.79 Å². The highest BCUT2D eigenvalue weighted by molar-refractivity contribution is 5.80. The van der Waals surface area contributed by atoms with E-state index in [1.807, 2.05) is 0 Å². The highest BCUT2D eigenvalue weighted by Crippen LogP contribution is 2.11. The molecular formula is C9H15NO3. The van der Waals surface area contributed by atoms with Gasteiger partial charge in [-0.1, -0.05) is 0 Å². The van der Waals surface area contributed by atoms with Gasteiger partial charge in [0.05, 0.1) is 6.61 Å². The first-order chi connectivity index (χ1) is 6.34. The van der Waals surface area contributed by atoms with E-state index >= 15 is 0 Å². The summed E-state index contributed by atoms with van der Waals surface area (Å²) in [5, 5.41) is 2.72. The standard InChI is InChI=1S/C9H15NO3/c1-12-7-5-10-9(11)8-4-2-3-6-13-8/h8H,3-7H2,1H3,(H,10,11). The molecule has 0 bridgehead atoms. The van der Waals surface area contributed by atoms with Crippen LogP contribution in [-0.4, -0.2) is 38.9 Å². The van der Waals surface area contributed by atoms with Gasteiger partial charge < -0.3 is 14.8 Å². The molecule has 0 aromatic rings. The fourth-order valence-electron chi connectivity index (χ4n) is 1.12. The van der Waals surface area contributed by atoms with Gasteiger partial charge in [-0.05, 0) is 19.3 Å². The molecule has 1 unspecified atom stereocenters. The van der Waals surface area contributed by atoms with Crippen LogP contribution in [0.15, 0.2) is 0 Å². The second kappa shape index (κ2) is 5.94. The molecule has 1 saturated heterocycles. The van der Waals surface area contributed by atoms with Gasteiger partial charge in [0.25, 0.3) is 0 Å². The molecule has 4 nitrogen and oxygen atoms in total. The van der Waals surface area contributed by atoms with Crippen molar-refractivity contribution in [1.82, 2.24) is 5.32 Å². The number of methoxy groups -OCH3 is 1. The Morgan fingerprint density at radius 3 is 3.23 bits per heavy atom. The maximum atomic E-state index is 11.3. The van der Waals surface area contributed by atoms with Crippen molar-refractivity contribution in [2.45, 2.75) is 18.9 Å². The number of nitrogens with one attached hydrogen (secondary N) is 1. The zero-order valence-corrected chi connectivity index (χ0v) is 7.84. The molecule has 0 aromatic heterocycles. The number of amides is 1. The Labute approximate surface area is 78.6 Å². The summed E-state index contributed by atoms with van der Waals surface area (Å²) < 4.78 is 10.1. The van der Waals surface area contributed by atoms with E-state index < -0.39 is 0 Å². The van der Waals surface area contributed by atoms with E-state index in [-0.39, 0.29) is 12.0 Å². The van der Waals surface area contributed by atoms with E-state index in [1.54, 1.807) is 7.11 Å². The van der Waals surface area contributed by atoms with Crippen LogP contribution < -0.4 is 5.32 Å². The van der Waals surface area contributed by atoms with Crippen molar-refractivity contribution in [2.75, 3.05) is 26.9 Å². The first-order valence-corrected chi connectivity index (χ1v) is 4.43. The lowest BCUT2D eigenvalue weighted by Gasteiger charge is -2.21. The van der Waals surface area contributed by atoms with Crippen molar-refractivity contribution in [3.8, 4) is 0 Å². The molecule has 0 aliphatic carbocycles. The van der Waals surface area contributed by atoms with Crippen LogP contribution in [0.3, 0.4) is 0 Å². The first-order valence-electron chi connectivity index (χ1n) is 4.43. The Hall–Kier alpha value is -0.610. The van der Waals surface area contributed by atoms with Gasteiger partial charge in [0, 0.05) is 20.3 Å². The van der Waals surface area contributed by atoms with E-state index in [0.717, 1.165) is 6.42 Å². The van der Waals surface area contributed by atoms with Crippen LogP contribution >= 0.6 is 0 Å². The summed E-state index contributed by atoms with van der Waals surface area (Å²) in [7, 11) is 1.60. The normalized spacial score (nSPS) is 22.7. The number of hydrogen-bond donors (Lipinski definition) is 1. The summed E-state index contributed by atoms with van der Waals surface area (Å²) in [5.41, 5.74) is 0. The second-order valence-electron chi connectivity index (χ2n) is 2.85.